The fourth-order valence-electron chi connectivity index (χ4n) is 4.79. The first-order valence-electron chi connectivity index (χ1n) is 10.6. The van der Waals surface area contributed by atoms with Crippen LogP contribution in [-0.4, -0.2) is 37.4 Å². The van der Waals surface area contributed by atoms with E-state index >= 15 is 0 Å². The molecule has 0 aromatic carbocycles. The van der Waals surface area contributed by atoms with E-state index in [0.717, 1.165) is 12.8 Å². The smallest absolute Gasteiger partial charge is 0.374 e. The number of hydrogen-bond donors (Lipinski definition) is 3. The number of carboxylic acid groups (broad SMARTS) is 1. The molecule has 0 bridgehead atoms. The summed E-state index contributed by atoms with van der Waals surface area (Å²) in [5.41, 5.74) is 0. The van der Waals surface area contributed by atoms with Crippen LogP contribution in [0.5, 0.6) is 0 Å². The Morgan fingerprint density at radius 3 is 2.61 bits per heavy atom. The summed E-state index contributed by atoms with van der Waals surface area (Å²) in [7, 11) is 0. The average Bonchev–Trinajstić information content (AvgIpc) is 3.25. The number of rotatable bonds is 12. The van der Waals surface area contributed by atoms with Crippen molar-refractivity contribution in [2.45, 2.75) is 87.3 Å². The zero-order chi connectivity index (χ0) is 20.7. The minimum absolute atomic E-state index is 0.00706. The summed E-state index contributed by atoms with van der Waals surface area (Å²) in [5.74, 6) is -1.02. The summed E-state index contributed by atoms with van der Waals surface area (Å²) in [6.45, 7) is 6.22. The topological polar surface area (TPSA) is 87.0 Å². The first kappa shape index (κ1) is 23.5. The Morgan fingerprint density at radius 1 is 1.25 bits per heavy atom. The van der Waals surface area contributed by atoms with Crippen LogP contribution in [0.1, 0.15) is 71.1 Å². The van der Waals surface area contributed by atoms with Gasteiger partial charge in [0, 0.05) is 10.3 Å². The average molecular weight is 506 g/mol. The number of alkyl halides is 1. The highest BCUT2D eigenvalue weighted by Crippen LogP contribution is 2.47. The van der Waals surface area contributed by atoms with Gasteiger partial charge in [0.1, 0.15) is 5.76 Å². The molecule has 0 spiro atoms. The molecule has 0 radical (unpaired) electrons. The highest BCUT2D eigenvalue weighted by Gasteiger charge is 2.45. The van der Waals surface area contributed by atoms with Crippen LogP contribution in [-0.2, 0) is 9.53 Å². The van der Waals surface area contributed by atoms with Crippen LogP contribution in [0, 0.1) is 17.8 Å². The Hall–Kier alpha value is -0.760. The molecule has 2 unspecified atom stereocenters. The van der Waals surface area contributed by atoms with Gasteiger partial charge in [-0.1, -0.05) is 61.3 Å². The molecule has 0 amide bonds. The van der Waals surface area contributed by atoms with Crippen LogP contribution in [0.2, 0.25) is 0 Å². The molecule has 160 valence electrons. The standard InChI is InChI=1S/C22H35IO5/c1-3-5-7-14(4-2)8-6-9-15-10-11-19-16(15)12-20(28-19)17(23)13-18(24)21(25)22(26)27/h4,14-17,19-20,24-25H,2-3,5-13H2,1H3,(H,26,27)/t14-,15+,16-,17?,19+,20?/m1/s1. The van der Waals surface area contributed by atoms with Crippen molar-refractivity contribution in [2.24, 2.45) is 17.8 Å². The molecule has 0 aromatic heterocycles. The molecule has 3 N–H and O–H groups in total. The van der Waals surface area contributed by atoms with Crippen molar-refractivity contribution < 1.29 is 24.9 Å². The molecular weight excluding hydrogens is 471 g/mol. The lowest BCUT2D eigenvalue weighted by Crippen LogP contribution is -2.23. The van der Waals surface area contributed by atoms with Crippen molar-refractivity contribution in [1.29, 1.82) is 0 Å². The van der Waals surface area contributed by atoms with E-state index in [1.165, 1.54) is 44.9 Å². The zero-order valence-corrected chi connectivity index (χ0v) is 19.0. The Balaban J connectivity index is 1.80. The van der Waals surface area contributed by atoms with Crippen LogP contribution < -0.4 is 0 Å². The van der Waals surface area contributed by atoms with E-state index < -0.39 is 17.5 Å². The summed E-state index contributed by atoms with van der Waals surface area (Å²) in [4.78, 5) is 10.8. The fraction of sp³-hybridized carbons (Fsp3) is 0.773. The van der Waals surface area contributed by atoms with E-state index in [0.29, 0.717) is 23.9 Å². The molecule has 1 heterocycles. The van der Waals surface area contributed by atoms with Crippen molar-refractivity contribution in [3.05, 3.63) is 24.2 Å². The van der Waals surface area contributed by atoms with Crippen LogP contribution in [0.3, 0.4) is 0 Å². The molecule has 2 rings (SSSR count). The minimum atomic E-state index is -1.50. The van der Waals surface area contributed by atoms with Crippen molar-refractivity contribution in [2.75, 3.05) is 0 Å². The second-order valence-electron chi connectivity index (χ2n) is 8.34. The number of hydrogen-bond acceptors (Lipinski definition) is 4. The summed E-state index contributed by atoms with van der Waals surface area (Å²) < 4.78 is 6.18. The molecule has 2 aliphatic rings. The van der Waals surface area contributed by atoms with Gasteiger partial charge in [-0.25, -0.2) is 4.79 Å². The number of carboxylic acids is 1. The highest BCUT2D eigenvalue weighted by molar-refractivity contribution is 14.1. The van der Waals surface area contributed by atoms with Gasteiger partial charge in [0.2, 0.25) is 5.76 Å². The van der Waals surface area contributed by atoms with Gasteiger partial charge >= 0.3 is 5.97 Å². The van der Waals surface area contributed by atoms with Gasteiger partial charge in [0.05, 0.1) is 12.2 Å². The van der Waals surface area contributed by atoms with E-state index in [9.17, 15) is 15.0 Å². The number of carbonyl (C=O) groups is 1. The van der Waals surface area contributed by atoms with Gasteiger partial charge in [0.15, 0.2) is 0 Å². The normalized spacial score (nSPS) is 29.8. The number of aliphatic carboxylic acids is 1. The van der Waals surface area contributed by atoms with E-state index in [-0.39, 0.29) is 16.4 Å². The monoisotopic (exact) mass is 506 g/mol. The SMILES string of the molecule is C=C[C@H](CCCC)CCC[C@H]1CC[C@@H]2OC(C(I)CC(O)=C(O)C(=O)O)C[C@H]12. The number of allylic oxidation sites excluding steroid dienone is 2. The Kier molecular flexibility index (Phi) is 9.60. The quantitative estimate of drug-likeness (QED) is 0.100. The summed E-state index contributed by atoms with van der Waals surface area (Å²) >= 11 is 2.20. The van der Waals surface area contributed by atoms with Crippen LogP contribution in [0.15, 0.2) is 24.2 Å². The molecule has 1 saturated carbocycles. The Bertz CT molecular complexity index is 561. The predicted molar refractivity (Wildman–Crippen MR) is 119 cm³/mol. The molecule has 5 nitrogen and oxygen atoms in total. The Labute approximate surface area is 182 Å². The lowest BCUT2D eigenvalue weighted by molar-refractivity contribution is -0.135. The first-order chi connectivity index (χ1) is 13.4. The molecule has 6 heteroatoms. The maximum atomic E-state index is 10.8. The van der Waals surface area contributed by atoms with Gasteiger partial charge < -0.3 is 20.1 Å². The molecular formula is C22H35IO5. The van der Waals surface area contributed by atoms with E-state index in [1.54, 1.807) is 0 Å². The van der Waals surface area contributed by atoms with Crippen LogP contribution in [0.4, 0.5) is 0 Å². The summed E-state index contributed by atoms with van der Waals surface area (Å²) in [6.07, 6.45) is 13.3. The van der Waals surface area contributed by atoms with E-state index in [4.69, 9.17) is 9.84 Å². The third-order valence-corrected chi connectivity index (χ3v) is 7.68. The van der Waals surface area contributed by atoms with Crippen molar-refractivity contribution in [1.82, 2.24) is 0 Å². The second kappa shape index (κ2) is 11.4. The number of ether oxygens (including phenoxy) is 1. The number of fused-ring (bicyclic) bond motifs is 1. The third kappa shape index (κ3) is 6.37. The highest BCUT2D eigenvalue weighted by atomic mass is 127. The number of aliphatic hydroxyl groups is 2. The lowest BCUT2D eigenvalue weighted by Gasteiger charge is -2.20. The molecule has 1 aliphatic carbocycles. The van der Waals surface area contributed by atoms with E-state index in [1.807, 2.05) is 0 Å². The fourth-order valence-corrected chi connectivity index (χ4v) is 5.67. The van der Waals surface area contributed by atoms with Crippen LogP contribution >= 0.6 is 22.6 Å². The molecule has 28 heavy (non-hydrogen) atoms. The van der Waals surface area contributed by atoms with Crippen molar-refractivity contribution in [3.8, 4) is 0 Å². The van der Waals surface area contributed by atoms with Crippen molar-refractivity contribution >= 4 is 28.6 Å². The maximum Gasteiger partial charge on any atom is 0.374 e. The number of aliphatic hydroxyl groups excluding tert-OH is 2. The molecule has 6 atom stereocenters. The molecule has 1 aliphatic heterocycles. The molecule has 1 saturated heterocycles. The maximum absolute atomic E-state index is 10.8. The van der Waals surface area contributed by atoms with Gasteiger partial charge in [0.25, 0.3) is 0 Å². The summed E-state index contributed by atoms with van der Waals surface area (Å²) in [6, 6.07) is 0. The number of halogens is 1. The minimum Gasteiger partial charge on any atom is -0.508 e. The van der Waals surface area contributed by atoms with Gasteiger partial charge in [-0.2, -0.15) is 0 Å². The van der Waals surface area contributed by atoms with Gasteiger partial charge in [-0.3, -0.25) is 0 Å². The third-order valence-electron chi connectivity index (χ3n) is 6.44. The molecule has 0 aromatic rings. The first-order valence-corrected chi connectivity index (χ1v) is 11.9. The van der Waals surface area contributed by atoms with Crippen molar-refractivity contribution in [3.63, 3.8) is 0 Å². The summed E-state index contributed by atoms with van der Waals surface area (Å²) in [5, 5.41) is 28.0. The largest absolute Gasteiger partial charge is 0.508 e. The number of unbranched alkanes of at least 4 members (excludes halogenated alkanes) is 1. The second-order valence-corrected chi connectivity index (χ2v) is 9.94. The predicted octanol–water partition coefficient (Wildman–Crippen LogP) is 5.94. The Morgan fingerprint density at radius 2 is 1.96 bits per heavy atom. The zero-order valence-electron chi connectivity index (χ0n) is 16.9. The van der Waals surface area contributed by atoms with Crippen LogP contribution in [0.25, 0.3) is 0 Å². The van der Waals surface area contributed by atoms with Gasteiger partial charge in [-0.15, -0.1) is 6.58 Å². The lowest BCUT2D eigenvalue weighted by atomic mass is 9.85. The van der Waals surface area contributed by atoms with E-state index in [2.05, 4.69) is 42.2 Å². The van der Waals surface area contributed by atoms with Gasteiger partial charge in [-0.05, 0) is 49.9 Å². The molecule has 2 fully saturated rings.